The largest absolute Gasteiger partial charge is 0.371 e. The number of rotatable bonds is 8. The molecule has 1 aromatic rings. The number of fused-ring (bicyclic) bond motifs is 1. The Kier molecular flexibility index (Phi) is 11.2. The van der Waals surface area contributed by atoms with Gasteiger partial charge in [-0.25, -0.2) is 0 Å². The Morgan fingerprint density at radius 1 is 1.35 bits per heavy atom. The number of benzene rings is 1. The molecule has 0 saturated heterocycles. The molecule has 0 bridgehead atoms. The Labute approximate surface area is 188 Å². The number of hydrazine groups is 1. The highest BCUT2D eigenvalue weighted by Gasteiger charge is 2.22. The van der Waals surface area contributed by atoms with Crippen molar-refractivity contribution in [3.63, 3.8) is 0 Å². The second kappa shape index (κ2) is 13.6. The molecule has 0 saturated carbocycles. The minimum absolute atomic E-state index is 0.372. The van der Waals surface area contributed by atoms with Crippen LogP contribution in [0, 0.1) is 22.7 Å². The van der Waals surface area contributed by atoms with Crippen molar-refractivity contribution >= 4 is 29.6 Å². The van der Waals surface area contributed by atoms with Gasteiger partial charge in [-0.2, -0.15) is 10.5 Å². The van der Waals surface area contributed by atoms with Gasteiger partial charge in [0.05, 0.1) is 16.7 Å². The average molecular weight is 440 g/mol. The number of allylic oxidation sites excluding steroid dienone is 4. The maximum atomic E-state index is 11.2. The molecule has 0 radical (unpaired) electrons. The number of halogens is 1. The lowest BCUT2D eigenvalue weighted by Gasteiger charge is -2.18. The first kappa shape index (κ1) is 25.5. The van der Waals surface area contributed by atoms with Crippen molar-refractivity contribution in [2.75, 3.05) is 18.0 Å². The fourth-order valence-corrected chi connectivity index (χ4v) is 3.22. The number of anilines is 1. The van der Waals surface area contributed by atoms with Crippen molar-refractivity contribution in [2.45, 2.75) is 33.1 Å². The number of hydrogen-bond donors (Lipinski definition) is 2. The minimum Gasteiger partial charge on any atom is -0.371 e. The summed E-state index contributed by atoms with van der Waals surface area (Å²) in [7, 11) is 0. The molecule has 0 aromatic heterocycles. The van der Waals surface area contributed by atoms with Crippen LogP contribution in [0.5, 0.6) is 0 Å². The van der Waals surface area contributed by atoms with Crippen molar-refractivity contribution in [1.29, 1.82) is 10.5 Å². The highest BCUT2D eigenvalue weighted by Crippen LogP contribution is 2.35. The maximum Gasteiger partial charge on any atom is 0.265 e. The quantitative estimate of drug-likeness (QED) is 0.211. The number of nitriles is 2. The van der Waals surface area contributed by atoms with Crippen LogP contribution >= 0.6 is 11.6 Å². The molecule has 0 unspecified atom stereocenters. The summed E-state index contributed by atoms with van der Waals surface area (Å²) in [5.74, 6) is -0.391. The zero-order chi connectivity index (χ0) is 23.2. The normalized spacial score (nSPS) is 12.5. The predicted molar refractivity (Wildman–Crippen MR) is 122 cm³/mol. The maximum absolute atomic E-state index is 11.2. The van der Waals surface area contributed by atoms with Crippen molar-refractivity contribution in [2.24, 2.45) is 0 Å². The Hall–Kier alpha value is -3.55. The van der Waals surface area contributed by atoms with Gasteiger partial charge in [0.2, 0.25) is 6.41 Å². The van der Waals surface area contributed by atoms with Crippen molar-refractivity contribution in [3.8, 4) is 12.1 Å². The molecule has 0 atom stereocenters. The van der Waals surface area contributed by atoms with E-state index in [0.29, 0.717) is 34.6 Å². The van der Waals surface area contributed by atoms with Crippen LogP contribution in [0.15, 0.2) is 48.1 Å². The van der Waals surface area contributed by atoms with E-state index in [1.807, 2.05) is 23.6 Å². The third kappa shape index (κ3) is 7.65. The molecule has 8 heteroatoms. The molecule has 0 aliphatic carbocycles. The molecule has 1 aliphatic rings. The molecular weight excluding hydrogens is 414 g/mol. The van der Waals surface area contributed by atoms with Crippen molar-refractivity contribution in [1.82, 2.24) is 10.9 Å². The molecule has 2 N–H and O–H groups in total. The Bertz CT molecular complexity index is 954. The van der Waals surface area contributed by atoms with E-state index in [1.165, 1.54) is 11.8 Å². The summed E-state index contributed by atoms with van der Waals surface area (Å²) >= 11 is 6.17. The fraction of sp³-hybridized carbons (Fsp3) is 0.304. The van der Waals surface area contributed by atoms with E-state index in [2.05, 4.69) is 29.9 Å². The topological polar surface area (TPSA) is 109 Å². The summed E-state index contributed by atoms with van der Waals surface area (Å²) in [4.78, 5) is 23.5. The van der Waals surface area contributed by atoms with Gasteiger partial charge in [0.15, 0.2) is 0 Å². The molecule has 31 heavy (non-hydrogen) atoms. The van der Waals surface area contributed by atoms with E-state index < -0.39 is 5.91 Å². The average Bonchev–Trinajstić information content (AvgIpc) is 3.19. The Morgan fingerprint density at radius 3 is 2.68 bits per heavy atom. The number of nitrogens with one attached hydrogen (secondary N) is 2. The van der Waals surface area contributed by atoms with Crippen molar-refractivity contribution < 1.29 is 9.59 Å². The highest BCUT2D eigenvalue weighted by molar-refractivity contribution is 6.33. The fourth-order valence-electron chi connectivity index (χ4n) is 2.92. The second-order valence-electron chi connectivity index (χ2n) is 6.59. The first-order valence-corrected chi connectivity index (χ1v) is 10.2. The minimum atomic E-state index is -0.391. The van der Waals surface area contributed by atoms with Crippen LogP contribution in [0.1, 0.15) is 37.8 Å². The van der Waals surface area contributed by atoms with Gasteiger partial charge in [-0.3, -0.25) is 20.4 Å². The van der Waals surface area contributed by atoms with Gasteiger partial charge in [-0.15, -0.1) is 0 Å². The molecule has 7 nitrogen and oxygen atoms in total. The number of carbonyl (C=O) groups excluding carboxylic acids is 2. The van der Waals surface area contributed by atoms with E-state index in [1.54, 1.807) is 19.1 Å². The lowest BCUT2D eigenvalue weighted by atomic mass is 10.1. The molecule has 162 valence electrons. The smallest absolute Gasteiger partial charge is 0.265 e. The summed E-state index contributed by atoms with van der Waals surface area (Å²) in [6, 6.07) is 7.90. The SMILES string of the molecule is C=C/C(C#N)=C\C/C=C(\C)C(=O)NNC=O.CCCN1CCc2c1ccc(C#N)c2Cl. The lowest BCUT2D eigenvalue weighted by Crippen LogP contribution is -2.36. The summed E-state index contributed by atoms with van der Waals surface area (Å²) < 4.78 is 0. The van der Waals surface area contributed by atoms with Crippen LogP contribution in [0.2, 0.25) is 5.02 Å². The van der Waals surface area contributed by atoms with Gasteiger partial charge in [0.1, 0.15) is 6.07 Å². The summed E-state index contributed by atoms with van der Waals surface area (Å²) in [5.41, 5.74) is 8.06. The summed E-state index contributed by atoms with van der Waals surface area (Å²) in [6.07, 6.45) is 7.66. The zero-order valence-electron chi connectivity index (χ0n) is 17.7. The van der Waals surface area contributed by atoms with Crippen LogP contribution in [0.3, 0.4) is 0 Å². The summed E-state index contributed by atoms with van der Waals surface area (Å²) in [5, 5.41) is 18.1. The third-order valence-electron chi connectivity index (χ3n) is 4.52. The van der Waals surface area contributed by atoms with Crippen LogP contribution in [0.4, 0.5) is 5.69 Å². The van der Waals surface area contributed by atoms with Gasteiger partial charge < -0.3 is 4.90 Å². The van der Waals surface area contributed by atoms with Crippen LogP contribution in [-0.4, -0.2) is 25.4 Å². The van der Waals surface area contributed by atoms with E-state index in [4.69, 9.17) is 22.1 Å². The number of nitrogens with zero attached hydrogens (tertiary/aromatic N) is 3. The molecule has 2 amide bonds. The summed E-state index contributed by atoms with van der Waals surface area (Å²) in [6.45, 7) is 9.33. The monoisotopic (exact) mass is 439 g/mol. The van der Waals surface area contributed by atoms with Gasteiger partial charge in [-0.1, -0.05) is 43.3 Å². The standard InChI is InChI=1S/C12H13ClN2.C11H13N3O2/c1-2-6-15-7-5-10-11(15)4-3-9(8-14)12(10)13;1-3-10(7-12)6-4-5-9(2)11(16)14-13-8-15/h3-4H,2,5-7H2,1H3;3,5-6,8H,1,4H2,2H3,(H,13,15)(H,14,16)/b;9-5+,10-6+. The van der Waals surface area contributed by atoms with Gasteiger partial charge in [-0.05, 0) is 43.9 Å². The molecular formula is C23H26ClN5O2. The second-order valence-corrected chi connectivity index (χ2v) is 6.97. The molecule has 2 rings (SSSR count). The zero-order valence-corrected chi connectivity index (χ0v) is 18.5. The lowest BCUT2D eigenvalue weighted by molar-refractivity contribution is -0.121. The van der Waals surface area contributed by atoms with E-state index in [-0.39, 0.29) is 0 Å². The van der Waals surface area contributed by atoms with E-state index in [9.17, 15) is 9.59 Å². The number of carbonyl (C=O) groups is 2. The number of amides is 2. The number of hydrogen-bond acceptors (Lipinski definition) is 5. The Balaban J connectivity index is 0.000000310. The van der Waals surface area contributed by atoms with E-state index in [0.717, 1.165) is 31.5 Å². The molecule has 0 spiro atoms. The van der Waals surface area contributed by atoms with Gasteiger partial charge in [0.25, 0.3) is 5.91 Å². The highest BCUT2D eigenvalue weighted by atomic mass is 35.5. The molecule has 1 aromatic carbocycles. The van der Waals surface area contributed by atoms with Crippen LogP contribution in [-0.2, 0) is 16.0 Å². The first-order chi connectivity index (χ1) is 14.9. The Morgan fingerprint density at radius 2 is 2.10 bits per heavy atom. The van der Waals surface area contributed by atoms with Gasteiger partial charge in [0, 0.05) is 29.9 Å². The molecule has 1 aliphatic heterocycles. The van der Waals surface area contributed by atoms with E-state index >= 15 is 0 Å². The first-order valence-electron chi connectivity index (χ1n) is 9.78. The predicted octanol–water partition coefficient (Wildman–Crippen LogP) is 3.72. The molecule has 0 fully saturated rings. The molecule has 1 heterocycles. The van der Waals surface area contributed by atoms with Crippen molar-refractivity contribution in [3.05, 3.63) is 64.2 Å². The van der Waals surface area contributed by atoms with Crippen LogP contribution < -0.4 is 15.8 Å². The van der Waals surface area contributed by atoms with Crippen LogP contribution in [0.25, 0.3) is 0 Å². The van der Waals surface area contributed by atoms with Gasteiger partial charge >= 0.3 is 0 Å². The third-order valence-corrected chi connectivity index (χ3v) is 4.95.